The van der Waals surface area contributed by atoms with Gasteiger partial charge in [0.05, 0.1) is 12.8 Å². The van der Waals surface area contributed by atoms with Crippen molar-refractivity contribution in [2.45, 2.75) is 90.2 Å². The number of carbonyl (C=O) groups is 3. The number of hydrogen-bond donors (Lipinski definition) is 5. The SMILES string of the molecule is COC(=O)[C@H](Cc1ccc(O)c([NH+]([O-])O)c1)NC(=O)CON=C1C=C2CC[C@H]3[C@H](CC[C@@]4(C)[C@H]3CC[C@@]4(O)C(C)=O)[C@@]2(C)CC1. The maximum absolute atomic E-state index is 12.7. The number of nitrogens with one attached hydrogen (secondary N) is 2. The molecule has 0 heterocycles. The normalized spacial score (nSPS) is 34.4. The fourth-order valence-corrected chi connectivity index (χ4v) is 9.10. The van der Waals surface area contributed by atoms with Crippen molar-refractivity contribution in [1.82, 2.24) is 5.32 Å². The lowest BCUT2D eigenvalue weighted by atomic mass is 9.46. The average molecular weight is 628 g/mol. The van der Waals surface area contributed by atoms with Gasteiger partial charge in [-0.2, -0.15) is 5.23 Å². The molecule has 12 heteroatoms. The standard InChI is InChI=1S/C33H45N3O9/c1-19(37)33(41)14-11-25-23-7-6-21-17-22(9-12-31(21,2)24(23)10-13-32(25,33)3)35-45-18-29(39)34-26(30(40)44-4)15-20-5-8-28(38)27(16-20)36(42)43/h5,8,16-17,23-26,36,38,41-42H,6-7,9-15,18H2,1-4H3,(H,34,39)/t23-,24-,25-,26-,31-,32-,33+/m0/s1. The Morgan fingerprint density at radius 3 is 2.56 bits per heavy atom. The van der Waals surface area contributed by atoms with Crippen LogP contribution < -0.4 is 10.5 Å². The van der Waals surface area contributed by atoms with Gasteiger partial charge in [0.1, 0.15) is 11.6 Å². The molecule has 0 saturated heterocycles. The second kappa shape index (κ2) is 12.5. The Morgan fingerprint density at radius 1 is 1.13 bits per heavy atom. The molecular formula is C33H45N3O9. The zero-order valence-electron chi connectivity index (χ0n) is 26.4. The van der Waals surface area contributed by atoms with Crippen LogP contribution in [0.25, 0.3) is 0 Å². The summed E-state index contributed by atoms with van der Waals surface area (Å²) in [5, 5.41) is 47.3. The van der Waals surface area contributed by atoms with Gasteiger partial charge >= 0.3 is 5.97 Å². The maximum atomic E-state index is 12.7. The lowest BCUT2D eigenvalue weighted by molar-refractivity contribution is -0.991. The first-order chi connectivity index (χ1) is 21.2. The molecule has 0 spiro atoms. The highest BCUT2D eigenvalue weighted by Crippen LogP contribution is 2.67. The number of phenolic OH excluding ortho intramolecular Hbond substituents is 1. The van der Waals surface area contributed by atoms with Gasteiger partial charge in [0.15, 0.2) is 18.1 Å². The quantitative estimate of drug-likeness (QED) is 0.156. The monoisotopic (exact) mass is 627 g/mol. The van der Waals surface area contributed by atoms with Crippen LogP contribution in [0.3, 0.4) is 0 Å². The third-order valence-electron chi connectivity index (χ3n) is 11.6. The van der Waals surface area contributed by atoms with Crippen molar-refractivity contribution in [2.24, 2.45) is 33.7 Å². The number of quaternary nitrogens is 1. The highest BCUT2D eigenvalue weighted by atomic mass is 16.8. The number of ketones is 1. The Bertz CT molecular complexity index is 1410. The number of ether oxygens (including phenoxy) is 1. The van der Waals surface area contributed by atoms with Crippen molar-refractivity contribution in [3.63, 3.8) is 0 Å². The van der Waals surface area contributed by atoms with E-state index in [4.69, 9.17) is 9.57 Å². The van der Waals surface area contributed by atoms with Crippen molar-refractivity contribution < 1.29 is 44.6 Å². The van der Waals surface area contributed by atoms with Gasteiger partial charge in [-0.25, -0.2) is 10.0 Å². The Kier molecular flexibility index (Phi) is 9.16. The van der Waals surface area contributed by atoms with Crippen molar-refractivity contribution >= 4 is 29.1 Å². The zero-order valence-corrected chi connectivity index (χ0v) is 26.4. The van der Waals surface area contributed by atoms with E-state index >= 15 is 0 Å². The third kappa shape index (κ3) is 5.89. The minimum absolute atomic E-state index is 0.0139. The first-order valence-corrected chi connectivity index (χ1v) is 15.8. The molecule has 4 aliphatic carbocycles. The summed E-state index contributed by atoms with van der Waals surface area (Å²) >= 11 is 0. The highest BCUT2D eigenvalue weighted by Gasteiger charge is 2.65. The maximum Gasteiger partial charge on any atom is 0.328 e. The molecule has 5 rings (SSSR count). The van der Waals surface area contributed by atoms with Crippen molar-refractivity contribution in [2.75, 3.05) is 13.7 Å². The molecule has 1 amide bonds. The molecule has 45 heavy (non-hydrogen) atoms. The molecule has 3 saturated carbocycles. The second-order valence-electron chi connectivity index (χ2n) is 13.8. The average Bonchev–Trinajstić information content (AvgIpc) is 3.28. The Balaban J connectivity index is 1.20. The predicted molar refractivity (Wildman–Crippen MR) is 162 cm³/mol. The van der Waals surface area contributed by atoms with Gasteiger partial charge in [0.25, 0.3) is 5.91 Å². The number of allylic oxidation sites excluding steroid dienone is 2. The smallest absolute Gasteiger partial charge is 0.328 e. The molecule has 4 aliphatic rings. The van der Waals surface area contributed by atoms with Crippen molar-refractivity contribution in [1.29, 1.82) is 0 Å². The van der Waals surface area contributed by atoms with Crippen LogP contribution in [-0.4, -0.2) is 64.2 Å². The molecule has 246 valence electrons. The van der Waals surface area contributed by atoms with E-state index in [9.17, 15) is 35.0 Å². The predicted octanol–water partition coefficient (Wildman–Crippen LogP) is 2.65. The summed E-state index contributed by atoms with van der Waals surface area (Å²) in [4.78, 5) is 42.9. The van der Waals surface area contributed by atoms with E-state index in [1.165, 1.54) is 37.8 Å². The van der Waals surface area contributed by atoms with Gasteiger partial charge in [0.2, 0.25) is 5.69 Å². The number of carbonyl (C=O) groups excluding carboxylic acids is 3. The number of aromatic hydroxyl groups is 1. The summed E-state index contributed by atoms with van der Waals surface area (Å²) in [5.41, 5.74) is 0.627. The lowest BCUT2D eigenvalue weighted by Crippen LogP contribution is -2.99. The number of esters is 1. The number of benzene rings is 1. The van der Waals surface area contributed by atoms with E-state index in [1.807, 2.05) is 0 Å². The van der Waals surface area contributed by atoms with Crippen LogP contribution in [0.5, 0.6) is 5.75 Å². The number of rotatable bonds is 9. The molecule has 12 nitrogen and oxygen atoms in total. The highest BCUT2D eigenvalue weighted by molar-refractivity contribution is 5.96. The summed E-state index contributed by atoms with van der Waals surface area (Å²) in [6.45, 7) is 5.59. The molecule has 5 N–H and O–H groups in total. The van der Waals surface area contributed by atoms with E-state index in [1.54, 1.807) is 0 Å². The minimum atomic E-state index is -1.32. The summed E-state index contributed by atoms with van der Waals surface area (Å²) in [7, 11) is 1.19. The first kappa shape index (κ1) is 33.1. The summed E-state index contributed by atoms with van der Waals surface area (Å²) < 4.78 is 4.81. The molecule has 0 bridgehead atoms. The van der Waals surface area contributed by atoms with Gasteiger partial charge in [-0.15, -0.1) is 0 Å². The molecule has 1 aromatic rings. The Hall–Kier alpha value is -3.32. The van der Waals surface area contributed by atoms with E-state index in [2.05, 4.69) is 30.4 Å². The minimum Gasteiger partial charge on any atom is -0.595 e. The number of nitrogens with zero attached hydrogens (tertiary/aromatic N) is 1. The van der Waals surface area contributed by atoms with Crippen molar-refractivity contribution in [3.8, 4) is 5.75 Å². The van der Waals surface area contributed by atoms with E-state index in [-0.39, 0.29) is 28.7 Å². The van der Waals surface area contributed by atoms with Gasteiger partial charge in [-0.1, -0.05) is 30.6 Å². The molecule has 1 unspecified atom stereocenters. The number of aliphatic hydroxyl groups is 1. The summed E-state index contributed by atoms with van der Waals surface area (Å²) in [6.07, 6.45) is 8.86. The summed E-state index contributed by atoms with van der Waals surface area (Å²) in [6, 6.07) is 2.83. The van der Waals surface area contributed by atoms with Gasteiger partial charge in [0, 0.05) is 17.9 Å². The van der Waals surface area contributed by atoms with Crippen LogP contribution in [0.15, 0.2) is 35.0 Å². The zero-order chi connectivity index (χ0) is 32.7. The first-order valence-electron chi connectivity index (χ1n) is 15.8. The number of methoxy groups -OCH3 is 1. The lowest BCUT2D eigenvalue weighted by Gasteiger charge is -2.59. The van der Waals surface area contributed by atoms with Crippen molar-refractivity contribution in [3.05, 3.63) is 40.6 Å². The number of fused-ring (bicyclic) bond motifs is 5. The molecule has 0 radical (unpaired) electrons. The number of oxime groups is 1. The molecule has 8 atom stereocenters. The second-order valence-corrected chi connectivity index (χ2v) is 13.8. The molecule has 0 aromatic heterocycles. The van der Waals surface area contributed by atoms with Crippen LogP contribution in [0, 0.1) is 33.8 Å². The number of amides is 1. The molecule has 1 aromatic carbocycles. The van der Waals surface area contributed by atoms with Gasteiger partial charge in [-0.05, 0) is 99.2 Å². The van der Waals surface area contributed by atoms with Crippen LogP contribution in [0.1, 0.15) is 77.7 Å². The van der Waals surface area contributed by atoms with Gasteiger partial charge in [-0.3, -0.25) is 9.59 Å². The van der Waals surface area contributed by atoms with Gasteiger partial charge < -0.3 is 30.3 Å². The topological polar surface area (TPSA) is 182 Å². The van der Waals surface area contributed by atoms with Crippen LogP contribution in [-0.2, 0) is 30.4 Å². The number of phenols is 1. The Morgan fingerprint density at radius 2 is 1.87 bits per heavy atom. The molecule has 3 fully saturated rings. The largest absolute Gasteiger partial charge is 0.595 e. The fourth-order valence-electron chi connectivity index (χ4n) is 9.10. The molecule has 0 aliphatic heterocycles. The third-order valence-corrected chi connectivity index (χ3v) is 11.6. The van der Waals surface area contributed by atoms with Crippen LogP contribution in [0.2, 0.25) is 0 Å². The number of hydrogen-bond acceptors (Lipinski definition) is 10. The van der Waals surface area contributed by atoms with E-state index in [0.717, 1.165) is 44.2 Å². The van der Waals surface area contributed by atoms with Crippen LogP contribution in [0.4, 0.5) is 5.69 Å². The van der Waals surface area contributed by atoms with E-state index < -0.39 is 41.1 Å². The van der Waals surface area contributed by atoms with Crippen LogP contribution >= 0.6 is 0 Å². The number of Topliss-reactive ketones (excluding diaryl/α,β-unsaturated/α-hetero) is 1. The van der Waals surface area contributed by atoms with E-state index in [0.29, 0.717) is 36.2 Å². The molecular weight excluding hydrogens is 582 g/mol. The fraction of sp³-hybridized carbons (Fsp3) is 0.636. The Labute approximate surface area is 263 Å². The summed E-state index contributed by atoms with van der Waals surface area (Å²) in [5.74, 6) is -0.519.